The third-order valence-corrected chi connectivity index (χ3v) is 5.35. The first-order valence-electron chi connectivity index (χ1n) is 7.33. The number of carboxylic acid groups (broad SMARTS) is 1. The zero-order valence-corrected chi connectivity index (χ0v) is 12.5. The van der Waals surface area contributed by atoms with Crippen LogP contribution in [0.1, 0.15) is 23.2 Å². The first-order chi connectivity index (χ1) is 10.2. The number of hydrogen-bond acceptors (Lipinski definition) is 5. The molecular formula is C15H17N3O2S. The molecule has 2 aliphatic rings. The molecule has 2 heterocycles. The van der Waals surface area contributed by atoms with Crippen molar-refractivity contribution in [2.24, 2.45) is 0 Å². The average molecular weight is 303 g/mol. The summed E-state index contributed by atoms with van der Waals surface area (Å²) in [4.78, 5) is 20.6. The molecule has 2 fully saturated rings. The Morgan fingerprint density at radius 2 is 2.00 bits per heavy atom. The molecule has 1 saturated carbocycles. The van der Waals surface area contributed by atoms with Crippen molar-refractivity contribution in [2.75, 3.05) is 31.1 Å². The normalized spacial score (nSPS) is 20.1. The van der Waals surface area contributed by atoms with E-state index in [1.807, 2.05) is 0 Å². The van der Waals surface area contributed by atoms with Crippen LogP contribution in [0, 0.1) is 0 Å². The number of rotatable bonds is 3. The van der Waals surface area contributed by atoms with Crippen LogP contribution in [0.4, 0.5) is 5.13 Å². The fraction of sp³-hybridized carbons (Fsp3) is 0.467. The first-order valence-corrected chi connectivity index (χ1v) is 8.15. The molecule has 5 nitrogen and oxygen atoms in total. The van der Waals surface area contributed by atoms with E-state index in [-0.39, 0.29) is 0 Å². The molecule has 21 heavy (non-hydrogen) atoms. The average Bonchev–Trinajstić information content (AvgIpc) is 3.25. The zero-order valence-electron chi connectivity index (χ0n) is 11.7. The lowest BCUT2D eigenvalue weighted by Crippen LogP contribution is -2.47. The summed E-state index contributed by atoms with van der Waals surface area (Å²) in [6.07, 6.45) is 2.72. The highest BCUT2D eigenvalue weighted by atomic mass is 32.1. The summed E-state index contributed by atoms with van der Waals surface area (Å²) in [5, 5.41) is 10.1. The summed E-state index contributed by atoms with van der Waals surface area (Å²) in [5.74, 6) is -0.884. The van der Waals surface area contributed by atoms with Crippen LogP contribution in [0.25, 0.3) is 10.2 Å². The van der Waals surface area contributed by atoms with Crippen LogP contribution < -0.4 is 4.90 Å². The van der Waals surface area contributed by atoms with Crippen LogP contribution in [-0.4, -0.2) is 53.2 Å². The van der Waals surface area contributed by atoms with Gasteiger partial charge in [0.1, 0.15) is 0 Å². The van der Waals surface area contributed by atoms with Gasteiger partial charge in [-0.25, -0.2) is 9.78 Å². The van der Waals surface area contributed by atoms with Crippen LogP contribution >= 0.6 is 11.3 Å². The van der Waals surface area contributed by atoms with Gasteiger partial charge in [-0.05, 0) is 31.0 Å². The Kier molecular flexibility index (Phi) is 3.08. The van der Waals surface area contributed by atoms with E-state index in [1.54, 1.807) is 29.5 Å². The van der Waals surface area contributed by atoms with Crippen LogP contribution in [0.15, 0.2) is 18.2 Å². The molecule has 1 aromatic carbocycles. The fourth-order valence-corrected chi connectivity index (χ4v) is 3.96. The highest BCUT2D eigenvalue weighted by Gasteiger charge is 2.31. The topological polar surface area (TPSA) is 56.7 Å². The van der Waals surface area contributed by atoms with E-state index in [0.29, 0.717) is 5.56 Å². The molecule has 1 aliphatic heterocycles. The molecule has 1 aromatic heterocycles. The predicted octanol–water partition coefficient (Wildman–Crippen LogP) is 2.28. The van der Waals surface area contributed by atoms with Gasteiger partial charge in [-0.15, -0.1) is 0 Å². The van der Waals surface area contributed by atoms with Crippen LogP contribution in [0.2, 0.25) is 0 Å². The number of carbonyl (C=O) groups is 1. The molecule has 0 spiro atoms. The number of fused-ring (bicyclic) bond motifs is 1. The Bertz CT molecular complexity index is 687. The second-order valence-electron chi connectivity index (χ2n) is 5.74. The van der Waals surface area contributed by atoms with Gasteiger partial charge in [-0.3, -0.25) is 4.90 Å². The van der Waals surface area contributed by atoms with Crippen LogP contribution in [0.3, 0.4) is 0 Å². The van der Waals surface area contributed by atoms with Gasteiger partial charge in [0, 0.05) is 32.2 Å². The smallest absolute Gasteiger partial charge is 0.335 e. The number of aromatic carboxylic acids is 1. The molecule has 6 heteroatoms. The summed E-state index contributed by atoms with van der Waals surface area (Å²) in [6, 6.07) is 5.98. The number of hydrogen-bond donors (Lipinski definition) is 1. The molecule has 110 valence electrons. The lowest BCUT2D eigenvalue weighted by Gasteiger charge is -2.34. The number of nitrogens with zero attached hydrogens (tertiary/aromatic N) is 3. The standard InChI is InChI=1S/C15H17N3O2S/c19-14(20)10-1-4-12-13(9-10)21-15(16-12)18-7-5-17(6-8-18)11-2-3-11/h1,4,9,11H,2-3,5-8H2,(H,19,20). The Morgan fingerprint density at radius 3 is 2.67 bits per heavy atom. The number of piperazine rings is 1. The molecule has 0 radical (unpaired) electrons. The van der Waals surface area contributed by atoms with E-state index in [9.17, 15) is 4.79 Å². The molecule has 4 rings (SSSR count). The SMILES string of the molecule is O=C(O)c1ccc2nc(N3CCN(C4CC4)CC3)sc2c1. The lowest BCUT2D eigenvalue weighted by atomic mass is 10.2. The number of benzene rings is 1. The van der Waals surface area contributed by atoms with Gasteiger partial charge in [0.05, 0.1) is 15.8 Å². The van der Waals surface area contributed by atoms with Gasteiger partial charge >= 0.3 is 5.97 Å². The third-order valence-electron chi connectivity index (χ3n) is 4.27. The van der Waals surface area contributed by atoms with E-state index in [4.69, 9.17) is 5.11 Å². The number of carboxylic acids is 1. The number of aromatic nitrogens is 1. The predicted molar refractivity (Wildman–Crippen MR) is 83.4 cm³/mol. The van der Waals surface area contributed by atoms with Crippen molar-refractivity contribution in [3.63, 3.8) is 0 Å². The minimum atomic E-state index is -0.884. The quantitative estimate of drug-likeness (QED) is 0.942. The molecule has 1 saturated heterocycles. The summed E-state index contributed by atoms with van der Waals surface area (Å²) < 4.78 is 0.953. The maximum absolute atomic E-state index is 11.0. The summed E-state index contributed by atoms with van der Waals surface area (Å²) in [5.41, 5.74) is 1.22. The van der Waals surface area contributed by atoms with Crippen molar-refractivity contribution in [1.29, 1.82) is 0 Å². The largest absolute Gasteiger partial charge is 0.478 e. The zero-order chi connectivity index (χ0) is 14.4. The van der Waals surface area contributed by atoms with Crippen molar-refractivity contribution >= 4 is 32.7 Å². The highest BCUT2D eigenvalue weighted by molar-refractivity contribution is 7.22. The third kappa shape index (κ3) is 2.49. The van der Waals surface area contributed by atoms with E-state index in [0.717, 1.165) is 47.6 Å². The minimum absolute atomic E-state index is 0.330. The van der Waals surface area contributed by atoms with Crippen molar-refractivity contribution in [3.8, 4) is 0 Å². The van der Waals surface area contributed by atoms with Gasteiger partial charge in [0.15, 0.2) is 5.13 Å². The van der Waals surface area contributed by atoms with Crippen molar-refractivity contribution in [1.82, 2.24) is 9.88 Å². The van der Waals surface area contributed by atoms with Gasteiger partial charge in [0.25, 0.3) is 0 Å². The van der Waals surface area contributed by atoms with E-state index in [2.05, 4.69) is 14.8 Å². The van der Waals surface area contributed by atoms with Crippen molar-refractivity contribution in [2.45, 2.75) is 18.9 Å². The second-order valence-corrected chi connectivity index (χ2v) is 6.75. The van der Waals surface area contributed by atoms with Gasteiger partial charge in [-0.2, -0.15) is 0 Å². The van der Waals surface area contributed by atoms with E-state index >= 15 is 0 Å². The maximum Gasteiger partial charge on any atom is 0.335 e. The summed E-state index contributed by atoms with van der Waals surface area (Å²) in [6.45, 7) is 4.26. The Hall–Kier alpha value is -1.66. The minimum Gasteiger partial charge on any atom is -0.478 e. The number of anilines is 1. The Balaban J connectivity index is 1.54. The molecule has 0 bridgehead atoms. The number of thiazole rings is 1. The monoisotopic (exact) mass is 303 g/mol. The second kappa shape index (κ2) is 4.96. The van der Waals surface area contributed by atoms with Crippen LogP contribution in [-0.2, 0) is 0 Å². The Labute approximate surface area is 126 Å². The van der Waals surface area contributed by atoms with E-state index < -0.39 is 5.97 Å². The fourth-order valence-electron chi connectivity index (χ4n) is 2.90. The molecule has 0 amide bonds. The van der Waals surface area contributed by atoms with Crippen LogP contribution in [0.5, 0.6) is 0 Å². The molecule has 1 N–H and O–H groups in total. The lowest BCUT2D eigenvalue weighted by molar-refractivity contribution is 0.0697. The Morgan fingerprint density at radius 1 is 1.24 bits per heavy atom. The van der Waals surface area contributed by atoms with Crippen molar-refractivity contribution in [3.05, 3.63) is 23.8 Å². The highest BCUT2D eigenvalue weighted by Crippen LogP contribution is 2.32. The van der Waals surface area contributed by atoms with Crippen molar-refractivity contribution < 1.29 is 9.90 Å². The molecule has 2 aromatic rings. The first kappa shape index (κ1) is 13.0. The van der Waals surface area contributed by atoms with Gasteiger partial charge in [0.2, 0.25) is 0 Å². The van der Waals surface area contributed by atoms with Gasteiger partial charge in [-0.1, -0.05) is 11.3 Å². The molecule has 0 unspecified atom stereocenters. The van der Waals surface area contributed by atoms with Gasteiger partial charge < -0.3 is 10.0 Å². The summed E-state index contributed by atoms with van der Waals surface area (Å²) >= 11 is 1.59. The molecular weight excluding hydrogens is 286 g/mol. The molecule has 0 atom stereocenters. The van der Waals surface area contributed by atoms with E-state index in [1.165, 1.54) is 12.8 Å². The summed E-state index contributed by atoms with van der Waals surface area (Å²) in [7, 11) is 0. The molecule has 1 aliphatic carbocycles. The maximum atomic E-state index is 11.0.